The van der Waals surface area contributed by atoms with Gasteiger partial charge < -0.3 is 15.3 Å². The van der Waals surface area contributed by atoms with Gasteiger partial charge in [0.2, 0.25) is 30.1 Å². The Morgan fingerprint density at radius 2 is 0.857 bits per heavy atom. The predicted octanol–water partition coefficient (Wildman–Crippen LogP) is 1.77. The first kappa shape index (κ1) is 36.9. The van der Waals surface area contributed by atoms with Gasteiger partial charge in [0.1, 0.15) is 0 Å². The molecule has 7 rings (SSSR count). The lowest BCUT2D eigenvalue weighted by Gasteiger charge is -2.41. The highest BCUT2D eigenvalue weighted by atomic mass is 32.2. The number of nitrogens with zero attached hydrogens (tertiary/aromatic N) is 1. The van der Waals surface area contributed by atoms with Gasteiger partial charge in [0.25, 0.3) is 0 Å². The molecule has 0 aromatic heterocycles. The fourth-order valence-electron chi connectivity index (χ4n) is 13.0. The maximum absolute atomic E-state index is 14.2. The summed E-state index contributed by atoms with van der Waals surface area (Å²) >= 11 is 0. The second-order valence-electron chi connectivity index (χ2n) is 19.1. The number of fused-ring (bicyclic) bond motifs is 6. The number of aliphatic hydroxyl groups is 3. The SMILES string of the molecule is CC1(C)[C@@H]2CC[C@@]1(CS(=O)(=O)N[C@@H]1CN(S(=O)(=O)C[C@]34CC[C@H](C[C@H]3O)C4(C)C)C[C@H]1NS(=O)(=O)C[C@@]13CC[C@@H](C[C@@H]1O)C3(C)C)[C@H](O)C2. The maximum atomic E-state index is 14.2. The van der Waals surface area contributed by atoms with E-state index in [-0.39, 0.29) is 48.1 Å². The van der Waals surface area contributed by atoms with E-state index >= 15 is 0 Å². The van der Waals surface area contributed by atoms with Crippen LogP contribution >= 0.6 is 0 Å². The highest BCUT2D eigenvalue weighted by molar-refractivity contribution is 7.90. The fraction of sp³-hybridized carbons (Fsp3) is 1.00. The molecule has 0 radical (unpaired) electrons. The zero-order valence-electron chi connectivity index (χ0n) is 30.0. The average Bonchev–Trinajstić information content (AvgIpc) is 3.71. The molecule has 5 N–H and O–H groups in total. The molecule has 7 aliphatic rings. The van der Waals surface area contributed by atoms with Gasteiger partial charge in [-0.3, -0.25) is 0 Å². The predicted molar refractivity (Wildman–Crippen MR) is 185 cm³/mol. The van der Waals surface area contributed by atoms with Crippen LogP contribution in [0.5, 0.6) is 0 Å². The largest absolute Gasteiger partial charge is 0.392 e. The third kappa shape index (κ3) is 5.16. The van der Waals surface area contributed by atoms with Crippen LogP contribution < -0.4 is 9.44 Å². The van der Waals surface area contributed by atoms with Crippen LogP contribution in [-0.4, -0.2) is 106 Å². The van der Waals surface area contributed by atoms with Crippen LogP contribution in [0.2, 0.25) is 0 Å². The summed E-state index contributed by atoms with van der Waals surface area (Å²) in [6.07, 6.45) is 3.49. The van der Waals surface area contributed by atoms with Crippen LogP contribution in [0.4, 0.5) is 0 Å². The highest BCUT2D eigenvalue weighted by Crippen LogP contribution is 2.68. The van der Waals surface area contributed by atoms with Crippen LogP contribution in [0.25, 0.3) is 0 Å². The molecule has 0 amide bonds. The normalized spacial score (nSPS) is 46.7. The summed E-state index contributed by atoms with van der Waals surface area (Å²) in [6, 6.07) is -2.18. The molecule has 282 valence electrons. The Hall–Kier alpha value is -0.390. The minimum absolute atomic E-state index is 0.207. The molecule has 6 saturated carbocycles. The third-order valence-electron chi connectivity index (χ3n) is 16.8. The average molecular weight is 750 g/mol. The Balaban J connectivity index is 1.16. The Kier molecular flexibility index (Phi) is 8.36. The number of rotatable bonds is 11. The lowest BCUT2D eigenvalue weighted by molar-refractivity contribution is 0.0145. The molecule has 15 heteroatoms. The van der Waals surface area contributed by atoms with Gasteiger partial charge in [-0.1, -0.05) is 41.5 Å². The van der Waals surface area contributed by atoms with Gasteiger partial charge in [-0.25, -0.2) is 34.7 Å². The van der Waals surface area contributed by atoms with Crippen LogP contribution in [0, 0.1) is 50.2 Å². The summed E-state index contributed by atoms with van der Waals surface area (Å²) in [5, 5.41) is 33.3. The van der Waals surface area contributed by atoms with Crippen LogP contribution in [0.15, 0.2) is 0 Å². The van der Waals surface area contributed by atoms with Gasteiger partial charge in [-0.05, 0) is 91.8 Å². The first-order valence-corrected chi connectivity index (χ1v) is 23.3. The van der Waals surface area contributed by atoms with Gasteiger partial charge in [-0.15, -0.1) is 0 Å². The van der Waals surface area contributed by atoms with E-state index in [1.807, 2.05) is 41.5 Å². The molecule has 0 spiro atoms. The standard InChI is InChI=1S/C34H59N3O9S3/c1-29(2)21-7-10-32(29,26(38)13-21)18-47(41,42)35-24-16-37(49(45,46)20-34-12-9-23(15-28(34)40)31(34,5)6)17-25(24)36-48(43,44)19-33-11-8-22(14-27(33)39)30(33,3)4/h21-28,35-36,38-40H,7-20H2,1-6H3/t21-,22+,23-,24-,25-,26-,27+,28-,32-,33+,34-/m1/s1. The minimum atomic E-state index is -4.12. The van der Waals surface area contributed by atoms with Gasteiger partial charge in [-0.2, -0.15) is 4.31 Å². The molecule has 0 aromatic carbocycles. The van der Waals surface area contributed by atoms with E-state index in [2.05, 4.69) is 9.44 Å². The summed E-state index contributed by atoms with van der Waals surface area (Å²) < 4.78 is 91.2. The van der Waals surface area contributed by atoms with Crippen molar-refractivity contribution in [3.8, 4) is 0 Å². The Morgan fingerprint density at radius 3 is 1.12 bits per heavy atom. The van der Waals surface area contributed by atoms with E-state index in [0.717, 1.165) is 19.3 Å². The van der Waals surface area contributed by atoms with Gasteiger partial charge in [0.15, 0.2) is 0 Å². The summed E-state index contributed by atoms with van der Waals surface area (Å²) in [5.74, 6) is -0.325. The topological polar surface area (TPSA) is 190 Å². The molecule has 0 aromatic rings. The molecule has 6 aliphatic carbocycles. The number of hydrogen-bond acceptors (Lipinski definition) is 9. The number of sulfonamides is 3. The van der Waals surface area contributed by atoms with Crippen molar-refractivity contribution >= 4 is 30.1 Å². The van der Waals surface area contributed by atoms with Gasteiger partial charge >= 0.3 is 0 Å². The Morgan fingerprint density at radius 1 is 0.551 bits per heavy atom. The summed E-state index contributed by atoms with van der Waals surface area (Å²) in [6.45, 7) is 11.6. The summed E-state index contributed by atoms with van der Waals surface area (Å²) in [5.41, 5.74) is -3.77. The molecule has 1 heterocycles. The monoisotopic (exact) mass is 749 g/mol. The zero-order chi connectivity index (χ0) is 36.0. The lowest BCUT2D eigenvalue weighted by Crippen LogP contribution is -2.55. The quantitative estimate of drug-likeness (QED) is 0.210. The van der Waals surface area contributed by atoms with E-state index in [9.17, 15) is 40.6 Å². The highest BCUT2D eigenvalue weighted by Gasteiger charge is 2.68. The van der Waals surface area contributed by atoms with Crippen molar-refractivity contribution in [1.82, 2.24) is 13.7 Å². The number of aliphatic hydroxyl groups excluding tert-OH is 3. The van der Waals surface area contributed by atoms with E-state index in [0.29, 0.717) is 38.5 Å². The van der Waals surface area contributed by atoms with Gasteiger partial charge in [0.05, 0.1) is 47.7 Å². The smallest absolute Gasteiger partial charge is 0.214 e. The van der Waals surface area contributed by atoms with Crippen LogP contribution in [0.1, 0.15) is 99.3 Å². The van der Waals surface area contributed by atoms with Gasteiger partial charge in [0, 0.05) is 29.3 Å². The van der Waals surface area contributed by atoms with E-state index in [1.165, 1.54) is 4.31 Å². The van der Waals surface area contributed by atoms with Crippen LogP contribution in [0.3, 0.4) is 0 Å². The van der Waals surface area contributed by atoms with E-state index < -0.39 is 93.0 Å². The third-order valence-corrected chi connectivity index (χ3v) is 21.9. The molecule has 1 aliphatic heterocycles. The van der Waals surface area contributed by atoms with Crippen LogP contribution in [-0.2, 0) is 30.1 Å². The molecule has 1 saturated heterocycles. The molecule has 0 unspecified atom stereocenters. The second-order valence-corrected chi connectivity index (χ2v) is 24.6. The molecular weight excluding hydrogens is 691 g/mol. The maximum Gasteiger partial charge on any atom is 0.214 e. The molecule has 7 fully saturated rings. The molecule has 12 nitrogen and oxygen atoms in total. The fourth-order valence-corrected chi connectivity index (χ4v) is 19.7. The van der Waals surface area contributed by atoms with Crippen molar-refractivity contribution < 1.29 is 40.6 Å². The Labute approximate surface area is 293 Å². The molecule has 6 bridgehead atoms. The van der Waals surface area contributed by atoms with E-state index in [1.54, 1.807) is 0 Å². The zero-order valence-corrected chi connectivity index (χ0v) is 32.4. The summed E-state index contributed by atoms with van der Waals surface area (Å²) in [7, 11) is -12.3. The second kappa shape index (κ2) is 11.1. The number of hydrogen-bond donors (Lipinski definition) is 5. The van der Waals surface area contributed by atoms with Crippen molar-refractivity contribution in [1.29, 1.82) is 0 Å². The Bertz CT molecular complexity index is 1610. The van der Waals surface area contributed by atoms with Crippen molar-refractivity contribution in [2.24, 2.45) is 50.2 Å². The number of nitrogens with one attached hydrogen (secondary N) is 2. The van der Waals surface area contributed by atoms with Crippen molar-refractivity contribution in [3.05, 3.63) is 0 Å². The van der Waals surface area contributed by atoms with Crippen molar-refractivity contribution in [2.45, 2.75) is 130 Å². The van der Waals surface area contributed by atoms with Crippen molar-refractivity contribution in [2.75, 3.05) is 30.3 Å². The lowest BCUT2D eigenvalue weighted by atomic mass is 9.70. The molecular formula is C34H59N3O9S3. The molecule has 49 heavy (non-hydrogen) atoms. The first-order valence-electron chi connectivity index (χ1n) is 18.4. The first-order chi connectivity index (χ1) is 22.3. The van der Waals surface area contributed by atoms with Crippen molar-refractivity contribution in [3.63, 3.8) is 0 Å². The van der Waals surface area contributed by atoms with E-state index in [4.69, 9.17) is 0 Å². The summed E-state index contributed by atoms with van der Waals surface area (Å²) in [4.78, 5) is 0. The molecule has 11 atom stereocenters. The minimum Gasteiger partial charge on any atom is -0.392 e.